The number of amides is 1. The quantitative estimate of drug-likeness (QED) is 0.795. The van der Waals surface area contributed by atoms with Crippen molar-refractivity contribution in [2.24, 2.45) is 5.92 Å². The van der Waals surface area contributed by atoms with E-state index in [2.05, 4.69) is 10.6 Å². The Bertz CT molecular complexity index is 530. The number of anilines is 1. The first kappa shape index (κ1) is 16.2. The molecule has 114 valence electrons. The zero-order valence-corrected chi connectivity index (χ0v) is 14.0. The molecular weight excluding hydrogens is 304 g/mol. The predicted molar refractivity (Wildman–Crippen MR) is 91.9 cm³/mol. The van der Waals surface area contributed by atoms with E-state index in [0.29, 0.717) is 10.1 Å². The maximum atomic E-state index is 12.2. The molecule has 0 aliphatic heterocycles. The molecule has 0 heterocycles. The van der Waals surface area contributed by atoms with E-state index < -0.39 is 0 Å². The number of benzene rings is 1. The van der Waals surface area contributed by atoms with Gasteiger partial charge in [0, 0.05) is 5.92 Å². The number of hydrogen-bond donors (Lipinski definition) is 2. The van der Waals surface area contributed by atoms with Crippen LogP contribution in [-0.2, 0) is 4.79 Å². The van der Waals surface area contributed by atoms with Gasteiger partial charge in [-0.25, -0.2) is 0 Å². The van der Waals surface area contributed by atoms with Crippen LogP contribution in [0.3, 0.4) is 0 Å². The van der Waals surface area contributed by atoms with Gasteiger partial charge in [-0.05, 0) is 56.1 Å². The van der Waals surface area contributed by atoms with E-state index in [1.165, 1.54) is 6.42 Å². The molecule has 0 spiro atoms. The maximum absolute atomic E-state index is 12.2. The average Bonchev–Trinajstić information content (AvgIpc) is 2.43. The molecule has 0 saturated heterocycles. The van der Waals surface area contributed by atoms with Gasteiger partial charge in [0.05, 0.1) is 10.7 Å². The summed E-state index contributed by atoms with van der Waals surface area (Å²) < 4.78 is 0. The SMILES string of the molecule is Cc1cc(C)c(NC(=S)NC(=O)C2CCCCC2)c(Cl)c1. The number of rotatable bonds is 2. The molecule has 2 rings (SSSR count). The zero-order valence-electron chi connectivity index (χ0n) is 12.5. The first-order valence-electron chi connectivity index (χ1n) is 7.36. The Kier molecular flexibility index (Phi) is 5.59. The molecule has 1 aliphatic carbocycles. The fourth-order valence-electron chi connectivity index (χ4n) is 2.80. The summed E-state index contributed by atoms with van der Waals surface area (Å²) in [4.78, 5) is 12.2. The third-order valence-corrected chi connectivity index (χ3v) is 4.39. The Morgan fingerprint density at radius 3 is 2.52 bits per heavy atom. The lowest BCUT2D eigenvalue weighted by Gasteiger charge is -2.21. The van der Waals surface area contributed by atoms with Crippen molar-refractivity contribution in [3.05, 3.63) is 28.3 Å². The standard InChI is InChI=1S/C16H21ClN2OS/c1-10-8-11(2)14(13(17)9-10)18-16(21)19-15(20)12-6-4-3-5-7-12/h8-9,12H,3-7H2,1-2H3,(H2,18,19,20,21). The first-order valence-corrected chi connectivity index (χ1v) is 8.14. The van der Waals surface area contributed by atoms with Crippen LogP contribution in [0.1, 0.15) is 43.2 Å². The van der Waals surface area contributed by atoms with Gasteiger partial charge in [-0.2, -0.15) is 0 Å². The van der Waals surface area contributed by atoms with Gasteiger partial charge in [0.15, 0.2) is 5.11 Å². The summed E-state index contributed by atoms with van der Waals surface area (Å²) in [5.74, 6) is 0.112. The summed E-state index contributed by atoms with van der Waals surface area (Å²) in [5, 5.41) is 6.76. The van der Waals surface area contributed by atoms with E-state index in [-0.39, 0.29) is 11.8 Å². The molecule has 0 atom stereocenters. The topological polar surface area (TPSA) is 41.1 Å². The molecule has 0 unspecified atom stereocenters. The summed E-state index contributed by atoms with van der Waals surface area (Å²) in [6.07, 6.45) is 5.39. The van der Waals surface area contributed by atoms with Crippen molar-refractivity contribution in [3.8, 4) is 0 Å². The highest BCUT2D eigenvalue weighted by atomic mass is 35.5. The molecule has 1 aromatic carbocycles. The fourth-order valence-corrected chi connectivity index (χ4v) is 3.37. The Morgan fingerprint density at radius 1 is 1.24 bits per heavy atom. The van der Waals surface area contributed by atoms with Crippen molar-refractivity contribution >= 4 is 40.5 Å². The Morgan fingerprint density at radius 2 is 1.90 bits per heavy atom. The van der Waals surface area contributed by atoms with Crippen LogP contribution in [0.15, 0.2) is 12.1 Å². The van der Waals surface area contributed by atoms with E-state index in [1.54, 1.807) is 0 Å². The molecule has 3 nitrogen and oxygen atoms in total. The third-order valence-electron chi connectivity index (χ3n) is 3.88. The van der Waals surface area contributed by atoms with Crippen molar-refractivity contribution in [2.75, 3.05) is 5.32 Å². The van der Waals surface area contributed by atoms with E-state index in [0.717, 1.165) is 42.5 Å². The van der Waals surface area contributed by atoms with Gasteiger partial charge in [0.2, 0.25) is 5.91 Å². The minimum absolute atomic E-state index is 0.0214. The Labute approximate surface area is 136 Å². The summed E-state index contributed by atoms with van der Waals surface area (Å²) in [6.45, 7) is 3.96. The highest BCUT2D eigenvalue weighted by molar-refractivity contribution is 7.80. The van der Waals surface area contributed by atoms with E-state index >= 15 is 0 Å². The van der Waals surface area contributed by atoms with Gasteiger partial charge < -0.3 is 10.6 Å². The van der Waals surface area contributed by atoms with Crippen molar-refractivity contribution in [2.45, 2.75) is 46.0 Å². The number of carbonyl (C=O) groups excluding carboxylic acids is 1. The van der Waals surface area contributed by atoms with Crippen LogP contribution < -0.4 is 10.6 Å². The van der Waals surface area contributed by atoms with E-state index in [1.807, 2.05) is 26.0 Å². The Hall–Kier alpha value is -1.13. The van der Waals surface area contributed by atoms with Gasteiger partial charge in [-0.15, -0.1) is 0 Å². The summed E-state index contributed by atoms with van der Waals surface area (Å²) in [7, 11) is 0. The molecule has 21 heavy (non-hydrogen) atoms. The van der Waals surface area contributed by atoms with Gasteiger partial charge in [0.25, 0.3) is 0 Å². The predicted octanol–water partition coefficient (Wildman–Crippen LogP) is 4.35. The summed E-state index contributed by atoms with van der Waals surface area (Å²) in [5.41, 5.74) is 2.87. The van der Waals surface area contributed by atoms with Crippen molar-refractivity contribution in [1.82, 2.24) is 5.32 Å². The van der Waals surface area contributed by atoms with Crippen molar-refractivity contribution in [3.63, 3.8) is 0 Å². The monoisotopic (exact) mass is 324 g/mol. The third kappa shape index (κ3) is 4.42. The number of halogens is 1. The molecule has 1 saturated carbocycles. The highest BCUT2D eigenvalue weighted by Gasteiger charge is 2.21. The van der Waals surface area contributed by atoms with Crippen LogP contribution in [0.5, 0.6) is 0 Å². The van der Waals surface area contributed by atoms with Crippen LogP contribution >= 0.6 is 23.8 Å². The van der Waals surface area contributed by atoms with Crippen LogP contribution in [0.4, 0.5) is 5.69 Å². The van der Waals surface area contributed by atoms with Crippen molar-refractivity contribution < 1.29 is 4.79 Å². The molecule has 1 aliphatic rings. The van der Waals surface area contributed by atoms with Gasteiger partial charge in [-0.1, -0.05) is 36.9 Å². The van der Waals surface area contributed by atoms with Gasteiger partial charge >= 0.3 is 0 Å². The summed E-state index contributed by atoms with van der Waals surface area (Å²) >= 11 is 11.5. The molecule has 2 N–H and O–H groups in total. The lowest BCUT2D eigenvalue weighted by atomic mass is 9.89. The minimum Gasteiger partial charge on any atom is -0.331 e. The molecule has 0 radical (unpaired) electrons. The molecule has 0 bridgehead atoms. The second-order valence-electron chi connectivity index (χ2n) is 5.72. The molecule has 5 heteroatoms. The molecular formula is C16H21ClN2OS. The number of aryl methyl sites for hydroxylation is 2. The maximum Gasteiger partial charge on any atom is 0.229 e. The molecule has 1 fully saturated rings. The average molecular weight is 325 g/mol. The minimum atomic E-state index is 0.0214. The van der Waals surface area contributed by atoms with Crippen LogP contribution in [0.25, 0.3) is 0 Å². The number of carbonyl (C=O) groups is 1. The molecule has 0 aromatic heterocycles. The second kappa shape index (κ2) is 7.23. The normalized spacial score (nSPS) is 15.6. The van der Waals surface area contributed by atoms with Gasteiger partial charge in [-0.3, -0.25) is 4.79 Å². The fraction of sp³-hybridized carbons (Fsp3) is 0.500. The number of hydrogen-bond acceptors (Lipinski definition) is 2. The van der Waals surface area contributed by atoms with E-state index in [4.69, 9.17) is 23.8 Å². The highest BCUT2D eigenvalue weighted by Crippen LogP contribution is 2.27. The zero-order chi connectivity index (χ0) is 15.4. The van der Waals surface area contributed by atoms with E-state index in [9.17, 15) is 4.79 Å². The molecule has 1 amide bonds. The van der Waals surface area contributed by atoms with Crippen LogP contribution in [-0.4, -0.2) is 11.0 Å². The smallest absolute Gasteiger partial charge is 0.229 e. The van der Waals surface area contributed by atoms with Crippen LogP contribution in [0, 0.1) is 19.8 Å². The van der Waals surface area contributed by atoms with Crippen molar-refractivity contribution in [1.29, 1.82) is 0 Å². The lowest BCUT2D eigenvalue weighted by molar-refractivity contribution is -0.124. The largest absolute Gasteiger partial charge is 0.331 e. The Balaban J connectivity index is 1.97. The molecule has 1 aromatic rings. The van der Waals surface area contributed by atoms with Gasteiger partial charge in [0.1, 0.15) is 0 Å². The van der Waals surface area contributed by atoms with Crippen LogP contribution in [0.2, 0.25) is 5.02 Å². The second-order valence-corrected chi connectivity index (χ2v) is 6.53. The number of thiocarbonyl (C=S) groups is 1. The first-order chi connectivity index (χ1) is 9.97. The number of nitrogens with one attached hydrogen (secondary N) is 2. The summed E-state index contributed by atoms with van der Waals surface area (Å²) in [6, 6.07) is 3.91. The lowest BCUT2D eigenvalue weighted by Crippen LogP contribution is -2.39.